The fourth-order valence-corrected chi connectivity index (χ4v) is 1.62. The van der Waals surface area contributed by atoms with E-state index in [0.29, 0.717) is 27.7 Å². The maximum Gasteiger partial charge on any atom is 0.347 e. The van der Waals surface area contributed by atoms with Crippen LogP contribution in [0, 0.1) is 0 Å². The predicted octanol–water partition coefficient (Wildman–Crippen LogP) is 1.73. The monoisotopic (exact) mass is 289 g/mol. The molecule has 0 atom stereocenters. The Balaban J connectivity index is 2.19. The summed E-state index contributed by atoms with van der Waals surface area (Å²) in [5, 5.41) is 8.30. The third-order valence-electron chi connectivity index (χ3n) is 2.07. The van der Waals surface area contributed by atoms with Gasteiger partial charge in [0.15, 0.2) is 0 Å². The topological polar surface area (TPSA) is 66.2 Å². The second-order valence-electron chi connectivity index (χ2n) is 3.30. The van der Waals surface area contributed by atoms with Gasteiger partial charge in [0.25, 0.3) is 0 Å². The number of ether oxygens (including phenoxy) is 1. The van der Waals surface area contributed by atoms with E-state index in [0.717, 1.165) is 4.85 Å². The Morgan fingerprint density at radius 2 is 2.11 bits per heavy atom. The Labute approximate surface area is 112 Å². The highest BCUT2D eigenvalue weighted by Gasteiger charge is 2.11. The molecule has 0 N–H and O–H groups in total. The van der Waals surface area contributed by atoms with Crippen LogP contribution in [-0.4, -0.2) is 34.3 Å². The maximum absolute atomic E-state index is 11.1. The van der Waals surface area contributed by atoms with Crippen molar-refractivity contribution in [1.82, 2.24) is 15.2 Å². The minimum atomic E-state index is -0.485. The summed E-state index contributed by atoms with van der Waals surface area (Å²) in [6.07, 6.45) is 0. The molecular formula is C10H9Cl2N3O3. The Bertz CT molecular complexity index is 585. The van der Waals surface area contributed by atoms with Gasteiger partial charge >= 0.3 is 5.97 Å². The van der Waals surface area contributed by atoms with Gasteiger partial charge in [-0.3, -0.25) is 0 Å². The van der Waals surface area contributed by atoms with Crippen LogP contribution in [0.15, 0.2) is 12.1 Å². The first-order valence-corrected chi connectivity index (χ1v) is 5.86. The standard InChI is InChI=1S/C10H9Cl2N3O3/c1-2-17-10(16)5-18-15-9-4-7(12)6(11)3-8(9)13-14-15/h3-4H,2,5H2,1H3. The lowest BCUT2D eigenvalue weighted by Gasteiger charge is -2.05. The number of carbonyl (C=O) groups is 1. The third kappa shape index (κ3) is 2.65. The molecule has 96 valence electrons. The van der Waals surface area contributed by atoms with Gasteiger partial charge in [-0.1, -0.05) is 28.0 Å². The van der Waals surface area contributed by atoms with Gasteiger partial charge in [-0.15, -0.1) is 5.10 Å². The number of halogens is 2. The number of hydrogen-bond donors (Lipinski definition) is 0. The fraction of sp³-hybridized carbons (Fsp3) is 0.300. The second-order valence-corrected chi connectivity index (χ2v) is 4.11. The highest BCUT2D eigenvalue weighted by Crippen LogP contribution is 2.26. The van der Waals surface area contributed by atoms with Crippen molar-refractivity contribution >= 4 is 40.2 Å². The van der Waals surface area contributed by atoms with Crippen LogP contribution in [0.25, 0.3) is 11.0 Å². The molecule has 0 unspecified atom stereocenters. The maximum atomic E-state index is 11.1. The summed E-state index contributed by atoms with van der Waals surface area (Å²) in [6.45, 7) is 1.75. The van der Waals surface area contributed by atoms with Crippen LogP contribution < -0.4 is 4.84 Å². The molecule has 18 heavy (non-hydrogen) atoms. The van der Waals surface area contributed by atoms with Crippen LogP contribution in [0.2, 0.25) is 10.0 Å². The summed E-state index contributed by atoms with van der Waals surface area (Å²) in [4.78, 5) is 17.4. The van der Waals surface area contributed by atoms with Crippen molar-refractivity contribution in [3.05, 3.63) is 22.2 Å². The van der Waals surface area contributed by atoms with E-state index in [1.54, 1.807) is 19.1 Å². The molecule has 0 radical (unpaired) electrons. The first kappa shape index (κ1) is 12.9. The lowest BCUT2D eigenvalue weighted by atomic mass is 10.3. The molecule has 1 aromatic carbocycles. The number of carbonyl (C=O) groups excluding carboxylic acids is 1. The zero-order valence-electron chi connectivity index (χ0n) is 9.39. The second kappa shape index (κ2) is 5.41. The van der Waals surface area contributed by atoms with E-state index in [1.165, 1.54) is 0 Å². The van der Waals surface area contributed by atoms with Crippen molar-refractivity contribution in [3.8, 4) is 0 Å². The smallest absolute Gasteiger partial charge is 0.347 e. The predicted molar refractivity (Wildman–Crippen MR) is 65.6 cm³/mol. The van der Waals surface area contributed by atoms with Gasteiger partial charge in [-0.2, -0.15) is 0 Å². The van der Waals surface area contributed by atoms with Gasteiger partial charge in [-0.05, 0) is 24.3 Å². The molecule has 2 rings (SSSR count). The lowest BCUT2D eigenvalue weighted by molar-refractivity contribution is -0.149. The molecule has 0 saturated heterocycles. The Hall–Kier alpha value is -1.53. The molecule has 2 aromatic rings. The molecule has 8 heteroatoms. The number of esters is 1. The molecule has 0 aliphatic carbocycles. The summed E-state index contributed by atoms with van der Waals surface area (Å²) in [6, 6.07) is 3.13. The van der Waals surface area contributed by atoms with Crippen LogP contribution >= 0.6 is 23.2 Å². The highest BCUT2D eigenvalue weighted by molar-refractivity contribution is 6.42. The Kier molecular flexibility index (Phi) is 3.88. The Morgan fingerprint density at radius 1 is 1.39 bits per heavy atom. The third-order valence-corrected chi connectivity index (χ3v) is 2.79. The van der Waals surface area contributed by atoms with Crippen LogP contribution in [-0.2, 0) is 9.53 Å². The van der Waals surface area contributed by atoms with Crippen LogP contribution in [0.1, 0.15) is 6.92 Å². The highest BCUT2D eigenvalue weighted by atomic mass is 35.5. The first-order chi connectivity index (χ1) is 8.61. The van der Waals surface area contributed by atoms with Gasteiger partial charge in [0.1, 0.15) is 11.0 Å². The van der Waals surface area contributed by atoms with E-state index in [4.69, 9.17) is 32.8 Å². The molecule has 0 aliphatic rings. The van der Waals surface area contributed by atoms with E-state index in [1.807, 2.05) is 0 Å². The molecule has 0 saturated carbocycles. The average molecular weight is 290 g/mol. The van der Waals surface area contributed by atoms with Gasteiger partial charge in [0.05, 0.1) is 16.7 Å². The molecular weight excluding hydrogens is 281 g/mol. The molecule has 0 fully saturated rings. The number of rotatable bonds is 4. The number of benzene rings is 1. The van der Waals surface area contributed by atoms with Crippen molar-refractivity contribution in [3.63, 3.8) is 0 Å². The minimum absolute atomic E-state index is 0.257. The zero-order valence-corrected chi connectivity index (χ0v) is 10.9. The van der Waals surface area contributed by atoms with Gasteiger partial charge in [0.2, 0.25) is 6.61 Å². The molecule has 0 spiro atoms. The molecule has 0 aliphatic heterocycles. The largest absolute Gasteiger partial charge is 0.463 e. The van der Waals surface area contributed by atoms with Crippen LogP contribution in [0.3, 0.4) is 0 Å². The molecule has 0 amide bonds. The fourth-order valence-electron chi connectivity index (χ4n) is 1.31. The van der Waals surface area contributed by atoms with E-state index in [2.05, 4.69) is 10.3 Å². The summed E-state index contributed by atoms with van der Waals surface area (Å²) in [5.41, 5.74) is 1.04. The van der Waals surface area contributed by atoms with Gasteiger partial charge in [0, 0.05) is 0 Å². The summed E-state index contributed by atoms with van der Waals surface area (Å²) in [7, 11) is 0. The van der Waals surface area contributed by atoms with E-state index in [9.17, 15) is 4.79 Å². The van der Waals surface area contributed by atoms with E-state index >= 15 is 0 Å². The lowest BCUT2D eigenvalue weighted by Crippen LogP contribution is -2.22. The van der Waals surface area contributed by atoms with Crippen molar-refractivity contribution in [2.45, 2.75) is 6.92 Å². The summed E-state index contributed by atoms with van der Waals surface area (Å²) < 4.78 is 4.72. The molecule has 1 aromatic heterocycles. The van der Waals surface area contributed by atoms with Gasteiger partial charge in [-0.25, -0.2) is 4.79 Å². The van der Waals surface area contributed by atoms with Crippen molar-refractivity contribution < 1.29 is 14.4 Å². The number of aromatic nitrogens is 3. The quantitative estimate of drug-likeness (QED) is 0.802. The first-order valence-electron chi connectivity index (χ1n) is 5.11. The summed E-state index contributed by atoms with van der Waals surface area (Å²) in [5.74, 6) is -0.485. The normalized spacial score (nSPS) is 10.6. The van der Waals surface area contributed by atoms with Crippen LogP contribution in [0.4, 0.5) is 0 Å². The van der Waals surface area contributed by atoms with Crippen molar-refractivity contribution in [2.75, 3.05) is 13.2 Å². The number of nitrogens with zero attached hydrogens (tertiary/aromatic N) is 3. The molecule has 0 bridgehead atoms. The average Bonchev–Trinajstić information content (AvgIpc) is 2.70. The number of fused-ring (bicyclic) bond motifs is 1. The Morgan fingerprint density at radius 3 is 2.83 bits per heavy atom. The van der Waals surface area contributed by atoms with Crippen molar-refractivity contribution in [1.29, 1.82) is 0 Å². The van der Waals surface area contributed by atoms with Crippen LogP contribution in [0.5, 0.6) is 0 Å². The van der Waals surface area contributed by atoms with E-state index < -0.39 is 5.97 Å². The molecule has 6 nitrogen and oxygen atoms in total. The van der Waals surface area contributed by atoms with Crippen molar-refractivity contribution in [2.24, 2.45) is 0 Å². The minimum Gasteiger partial charge on any atom is -0.463 e. The SMILES string of the molecule is CCOC(=O)COn1nnc2cc(Cl)c(Cl)cc21. The van der Waals surface area contributed by atoms with Gasteiger partial charge < -0.3 is 9.57 Å². The zero-order chi connectivity index (χ0) is 13.1. The molecule has 1 heterocycles. The van der Waals surface area contributed by atoms with E-state index in [-0.39, 0.29) is 6.61 Å². The summed E-state index contributed by atoms with van der Waals surface area (Å²) >= 11 is 11.7. The number of hydrogen-bond acceptors (Lipinski definition) is 5.